The standard InChI is InChI=1S/C17H14N2O7S/c1-2-25-17(20)14-10-11-4-3-5-15(16(11)18-14)26-27(23,24)13-8-6-12(7-9-13)19(21)22/h3-10,18H,2H2,1H3. The number of nitro groups is 1. The van der Waals surface area contributed by atoms with Crippen molar-refractivity contribution in [1.82, 2.24) is 4.98 Å². The lowest BCUT2D eigenvalue weighted by Crippen LogP contribution is -2.10. The molecule has 2 aromatic carbocycles. The molecule has 140 valence electrons. The first-order valence-electron chi connectivity index (χ1n) is 7.79. The van der Waals surface area contributed by atoms with Crippen molar-refractivity contribution in [2.75, 3.05) is 6.61 Å². The number of non-ortho nitro benzene ring substituents is 1. The minimum Gasteiger partial charge on any atom is -0.461 e. The van der Waals surface area contributed by atoms with Crippen molar-refractivity contribution >= 4 is 32.7 Å². The molecule has 1 aromatic heterocycles. The molecule has 9 nitrogen and oxygen atoms in total. The Balaban J connectivity index is 1.95. The smallest absolute Gasteiger partial charge is 0.354 e. The number of carbonyl (C=O) groups is 1. The molecule has 0 aliphatic heterocycles. The van der Waals surface area contributed by atoms with Crippen molar-refractivity contribution in [2.45, 2.75) is 11.8 Å². The van der Waals surface area contributed by atoms with Crippen molar-refractivity contribution in [1.29, 1.82) is 0 Å². The van der Waals surface area contributed by atoms with Crippen LogP contribution in [-0.4, -0.2) is 30.9 Å². The molecular weight excluding hydrogens is 376 g/mol. The van der Waals surface area contributed by atoms with Crippen LogP contribution in [0.2, 0.25) is 0 Å². The van der Waals surface area contributed by atoms with Crippen LogP contribution in [-0.2, 0) is 14.9 Å². The molecule has 0 fully saturated rings. The maximum absolute atomic E-state index is 12.5. The highest BCUT2D eigenvalue weighted by Crippen LogP contribution is 2.29. The number of nitrogens with zero attached hydrogens (tertiary/aromatic N) is 1. The van der Waals surface area contributed by atoms with Gasteiger partial charge in [0.05, 0.1) is 17.0 Å². The largest absolute Gasteiger partial charge is 0.461 e. The summed E-state index contributed by atoms with van der Waals surface area (Å²) in [5.74, 6) is -0.584. The van der Waals surface area contributed by atoms with Crippen LogP contribution >= 0.6 is 0 Å². The van der Waals surface area contributed by atoms with E-state index in [1.165, 1.54) is 12.1 Å². The predicted molar refractivity (Wildman–Crippen MR) is 95.2 cm³/mol. The van der Waals surface area contributed by atoms with E-state index in [0.717, 1.165) is 24.3 Å². The van der Waals surface area contributed by atoms with Gasteiger partial charge in [-0.2, -0.15) is 8.42 Å². The molecule has 10 heteroatoms. The molecular formula is C17H14N2O7S. The van der Waals surface area contributed by atoms with E-state index in [-0.39, 0.29) is 28.6 Å². The second-order valence-electron chi connectivity index (χ2n) is 5.41. The summed E-state index contributed by atoms with van der Waals surface area (Å²) in [6, 6.07) is 10.5. The fourth-order valence-electron chi connectivity index (χ4n) is 2.42. The molecule has 0 amide bonds. The number of ether oxygens (including phenoxy) is 1. The van der Waals surface area contributed by atoms with Crippen molar-refractivity contribution in [2.24, 2.45) is 0 Å². The number of nitro benzene ring substituents is 1. The highest BCUT2D eigenvalue weighted by molar-refractivity contribution is 7.87. The van der Waals surface area contributed by atoms with Crippen LogP contribution < -0.4 is 4.18 Å². The van der Waals surface area contributed by atoms with Crippen LogP contribution in [0.15, 0.2) is 53.4 Å². The molecule has 0 aliphatic carbocycles. The van der Waals surface area contributed by atoms with Gasteiger partial charge in [-0.3, -0.25) is 10.1 Å². The predicted octanol–water partition coefficient (Wildman–Crippen LogP) is 3.02. The average Bonchev–Trinajstić information content (AvgIpc) is 3.07. The molecule has 3 rings (SSSR count). The Labute approximate surface area is 153 Å². The summed E-state index contributed by atoms with van der Waals surface area (Å²) in [5.41, 5.74) is 0.237. The van der Waals surface area contributed by atoms with E-state index in [4.69, 9.17) is 8.92 Å². The van der Waals surface area contributed by atoms with Gasteiger partial charge in [-0.15, -0.1) is 0 Å². The number of rotatable bonds is 6. The topological polar surface area (TPSA) is 129 Å². The molecule has 0 radical (unpaired) electrons. The van der Waals surface area contributed by atoms with E-state index in [2.05, 4.69) is 4.98 Å². The summed E-state index contributed by atoms with van der Waals surface area (Å²) in [7, 11) is -4.23. The van der Waals surface area contributed by atoms with Gasteiger partial charge >= 0.3 is 16.1 Å². The number of aromatic nitrogens is 1. The maximum atomic E-state index is 12.5. The summed E-state index contributed by atoms with van der Waals surface area (Å²) in [6.07, 6.45) is 0. The number of para-hydroxylation sites is 1. The summed E-state index contributed by atoms with van der Waals surface area (Å²) in [4.78, 5) is 24.5. The van der Waals surface area contributed by atoms with E-state index < -0.39 is 21.0 Å². The van der Waals surface area contributed by atoms with Crippen LogP contribution in [0.4, 0.5) is 5.69 Å². The summed E-state index contributed by atoms with van der Waals surface area (Å²) in [6.45, 7) is 1.87. The Hall–Kier alpha value is -3.40. The van der Waals surface area contributed by atoms with Crippen molar-refractivity contribution in [3.05, 3.63) is 64.3 Å². The zero-order valence-corrected chi connectivity index (χ0v) is 14.9. The first kappa shape index (κ1) is 18.4. The van der Waals surface area contributed by atoms with Crippen molar-refractivity contribution in [3.8, 4) is 5.75 Å². The first-order chi connectivity index (χ1) is 12.8. The average molecular weight is 390 g/mol. The van der Waals surface area contributed by atoms with E-state index >= 15 is 0 Å². The first-order valence-corrected chi connectivity index (χ1v) is 9.20. The molecule has 0 aliphatic rings. The van der Waals surface area contributed by atoms with Gasteiger partial charge in [0.25, 0.3) is 5.69 Å². The zero-order valence-electron chi connectivity index (χ0n) is 14.0. The molecule has 1 heterocycles. The second kappa shape index (κ2) is 7.08. The minimum atomic E-state index is -4.23. The lowest BCUT2D eigenvalue weighted by molar-refractivity contribution is -0.384. The third-order valence-corrected chi connectivity index (χ3v) is 4.90. The lowest BCUT2D eigenvalue weighted by Gasteiger charge is -2.08. The fraction of sp³-hybridized carbons (Fsp3) is 0.118. The lowest BCUT2D eigenvalue weighted by atomic mass is 10.2. The van der Waals surface area contributed by atoms with Crippen LogP contribution in [0.25, 0.3) is 10.9 Å². The van der Waals surface area contributed by atoms with Gasteiger partial charge < -0.3 is 13.9 Å². The highest BCUT2D eigenvalue weighted by Gasteiger charge is 2.21. The number of hydrogen-bond donors (Lipinski definition) is 1. The SMILES string of the molecule is CCOC(=O)c1cc2cccc(OS(=O)(=O)c3ccc([N+](=O)[O-])cc3)c2[nH]1. The summed E-state index contributed by atoms with van der Waals surface area (Å²) >= 11 is 0. The fourth-order valence-corrected chi connectivity index (χ4v) is 3.36. The van der Waals surface area contributed by atoms with Crippen LogP contribution in [0.3, 0.4) is 0 Å². The van der Waals surface area contributed by atoms with E-state index in [0.29, 0.717) is 10.9 Å². The molecule has 0 saturated heterocycles. The van der Waals surface area contributed by atoms with E-state index in [9.17, 15) is 23.3 Å². The van der Waals surface area contributed by atoms with Crippen LogP contribution in [0.1, 0.15) is 17.4 Å². The molecule has 3 aromatic rings. The Morgan fingerprint density at radius 2 is 1.89 bits per heavy atom. The number of H-pyrrole nitrogens is 1. The van der Waals surface area contributed by atoms with Crippen LogP contribution in [0, 0.1) is 10.1 Å². The molecule has 1 N–H and O–H groups in total. The number of esters is 1. The molecule has 0 spiro atoms. The number of fused-ring (bicyclic) bond motifs is 1. The summed E-state index contributed by atoms with van der Waals surface area (Å²) in [5, 5.41) is 11.3. The number of carbonyl (C=O) groups excluding carboxylic acids is 1. The van der Waals surface area contributed by atoms with Crippen molar-refractivity contribution < 1.29 is 27.1 Å². The number of hydrogen-bond acceptors (Lipinski definition) is 7. The third kappa shape index (κ3) is 3.75. The Morgan fingerprint density at radius 3 is 2.52 bits per heavy atom. The van der Waals surface area contributed by atoms with Gasteiger partial charge in [-0.1, -0.05) is 12.1 Å². The normalized spacial score (nSPS) is 11.3. The zero-order chi connectivity index (χ0) is 19.6. The second-order valence-corrected chi connectivity index (χ2v) is 6.96. The monoisotopic (exact) mass is 390 g/mol. The molecule has 27 heavy (non-hydrogen) atoms. The quantitative estimate of drug-likeness (QED) is 0.296. The Morgan fingerprint density at radius 1 is 1.19 bits per heavy atom. The molecule has 0 bridgehead atoms. The minimum absolute atomic E-state index is 0.0126. The highest BCUT2D eigenvalue weighted by atomic mass is 32.2. The van der Waals surface area contributed by atoms with Gasteiger partial charge in [-0.05, 0) is 31.2 Å². The number of benzene rings is 2. The van der Waals surface area contributed by atoms with Gasteiger partial charge in [0.1, 0.15) is 10.6 Å². The van der Waals surface area contributed by atoms with Gasteiger partial charge in [0.2, 0.25) is 0 Å². The molecule has 0 unspecified atom stereocenters. The number of nitrogens with one attached hydrogen (secondary N) is 1. The van der Waals surface area contributed by atoms with Crippen molar-refractivity contribution in [3.63, 3.8) is 0 Å². The Kier molecular flexibility index (Phi) is 4.82. The molecule has 0 atom stereocenters. The van der Waals surface area contributed by atoms with E-state index in [1.807, 2.05) is 0 Å². The third-order valence-electron chi connectivity index (χ3n) is 3.65. The molecule has 0 saturated carbocycles. The summed E-state index contributed by atoms with van der Waals surface area (Å²) < 4.78 is 35.0. The number of aromatic amines is 1. The van der Waals surface area contributed by atoms with Crippen LogP contribution in [0.5, 0.6) is 5.75 Å². The maximum Gasteiger partial charge on any atom is 0.354 e. The van der Waals surface area contributed by atoms with E-state index in [1.54, 1.807) is 19.1 Å². The Bertz CT molecular complexity index is 1120. The van der Waals surface area contributed by atoms with Gasteiger partial charge in [-0.25, -0.2) is 4.79 Å². The van der Waals surface area contributed by atoms with Gasteiger partial charge in [0, 0.05) is 17.5 Å². The van der Waals surface area contributed by atoms with Gasteiger partial charge in [0.15, 0.2) is 5.75 Å².